The minimum Gasteiger partial charge on any atom is -0.395 e. The zero-order valence-electron chi connectivity index (χ0n) is 15.9. The molecule has 0 bridgehead atoms. The molecule has 1 amide bonds. The average Bonchev–Trinajstić information content (AvgIpc) is 2.66. The van der Waals surface area contributed by atoms with Crippen molar-refractivity contribution in [2.75, 3.05) is 6.61 Å². The topological polar surface area (TPSA) is 66.4 Å². The summed E-state index contributed by atoms with van der Waals surface area (Å²) in [5.74, 6) is -0.708. The number of aldehydes is 1. The molecule has 1 aliphatic rings. The molecule has 2 rings (SSSR count). The highest BCUT2D eigenvalue weighted by atomic mass is 35.5. The van der Waals surface area contributed by atoms with E-state index in [2.05, 4.69) is 21.5 Å². The van der Waals surface area contributed by atoms with Crippen molar-refractivity contribution in [2.45, 2.75) is 65.1 Å². The molecule has 0 fully saturated rings. The van der Waals surface area contributed by atoms with E-state index in [1.807, 2.05) is 6.92 Å². The maximum absolute atomic E-state index is 12.6. The molecule has 1 heterocycles. The maximum Gasteiger partial charge on any atom is 0.221 e. The summed E-state index contributed by atoms with van der Waals surface area (Å²) in [4.78, 5) is 26.1. The summed E-state index contributed by atoms with van der Waals surface area (Å²) in [5.41, 5.74) is 0. The van der Waals surface area contributed by atoms with E-state index in [9.17, 15) is 14.7 Å². The normalized spacial score (nSPS) is 22.1. The van der Waals surface area contributed by atoms with Crippen LogP contribution in [-0.2, 0) is 9.59 Å². The summed E-state index contributed by atoms with van der Waals surface area (Å²) in [6, 6.07) is 3.45. The van der Waals surface area contributed by atoms with Crippen molar-refractivity contribution < 1.29 is 14.7 Å². The van der Waals surface area contributed by atoms with Crippen LogP contribution in [0.4, 0.5) is 0 Å². The predicted molar refractivity (Wildman–Crippen MR) is 123 cm³/mol. The lowest BCUT2D eigenvalue weighted by atomic mass is 9.99. The minimum atomic E-state index is -0.537. The SMILES string of the molecule is CCCCC(C)(P)NC(=O)CC(C=O)C1Sc2c(Cl)ccc(Cl)c2SC1CO. The number of thioether (sulfide) groups is 2. The van der Waals surface area contributed by atoms with Crippen molar-refractivity contribution >= 4 is 68.2 Å². The second kappa shape index (κ2) is 10.9. The minimum absolute atomic E-state index is 0.0713. The van der Waals surface area contributed by atoms with Crippen LogP contribution in [0.15, 0.2) is 21.9 Å². The molecule has 4 nitrogen and oxygen atoms in total. The first-order valence-electron chi connectivity index (χ1n) is 9.19. The predicted octanol–water partition coefficient (Wildman–Crippen LogP) is 5.02. The molecule has 156 valence electrons. The molecule has 28 heavy (non-hydrogen) atoms. The highest BCUT2D eigenvalue weighted by Gasteiger charge is 2.38. The number of halogens is 2. The standard InChI is InChI=1S/C19H26Cl2NO3PS2/c1-3-4-7-19(2,26)22-15(25)8-11(9-23)16-14(10-24)27-17-12(20)5-6-13(21)18(17)28-16/h5-6,9,11,14,16,24H,3-4,7-8,10,26H2,1-2H3,(H,22,25). The molecule has 1 aliphatic heterocycles. The summed E-state index contributed by atoms with van der Waals surface area (Å²) < 4.78 is 0. The van der Waals surface area contributed by atoms with Gasteiger partial charge in [0.15, 0.2) is 0 Å². The van der Waals surface area contributed by atoms with Gasteiger partial charge in [-0.05, 0) is 25.5 Å². The summed E-state index contributed by atoms with van der Waals surface area (Å²) in [5, 5.41) is 13.1. The highest BCUT2D eigenvalue weighted by molar-refractivity contribution is 8.06. The maximum atomic E-state index is 12.6. The Morgan fingerprint density at radius 3 is 2.50 bits per heavy atom. The molecule has 0 aliphatic carbocycles. The number of aliphatic hydroxyl groups excluding tert-OH is 1. The zero-order chi connectivity index (χ0) is 20.9. The first-order valence-corrected chi connectivity index (χ1v) is 12.3. The molecule has 5 unspecified atom stereocenters. The number of fused-ring (bicyclic) bond motifs is 1. The molecule has 0 spiro atoms. The van der Waals surface area contributed by atoms with Crippen LogP contribution in [0.5, 0.6) is 0 Å². The van der Waals surface area contributed by atoms with Gasteiger partial charge in [0.05, 0.1) is 21.9 Å². The molecule has 0 saturated carbocycles. The number of hydrogen-bond acceptors (Lipinski definition) is 5. The fourth-order valence-corrected chi connectivity index (χ4v) is 7.14. The van der Waals surface area contributed by atoms with Gasteiger partial charge in [0, 0.05) is 32.6 Å². The Balaban J connectivity index is 2.15. The molecule has 2 N–H and O–H groups in total. The van der Waals surface area contributed by atoms with Gasteiger partial charge >= 0.3 is 0 Å². The third-order valence-corrected chi connectivity index (χ3v) is 9.18. The third-order valence-electron chi connectivity index (χ3n) is 4.58. The number of carbonyl (C=O) groups is 2. The smallest absolute Gasteiger partial charge is 0.221 e. The number of carbonyl (C=O) groups excluding carboxylic acids is 2. The Kier molecular flexibility index (Phi) is 9.44. The van der Waals surface area contributed by atoms with Crippen molar-refractivity contribution in [1.29, 1.82) is 0 Å². The average molecular weight is 482 g/mol. The van der Waals surface area contributed by atoms with Crippen molar-refractivity contribution in [1.82, 2.24) is 5.32 Å². The van der Waals surface area contributed by atoms with Gasteiger partial charge in [0.25, 0.3) is 0 Å². The van der Waals surface area contributed by atoms with Gasteiger partial charge in [0.2, 0.25) is 5.91 Å². The number of rotatable bonds is 9. The molecule has 5 atom stereocenters. The van der Waals surface area contributed by atoms with Gasteiger partial charge in [-0.1, -0.05) is 43.0 Å². The summed E-state index contributed by atoms with van der Waals surface area (Å²) >= 11 is 15.5. The summed E-state index contributed by atoms with van der Waals surface area (Å²) in [6.45, 7) is 3.95. The lowest BCUT2D eigenvalue weighted by Crippen LogP contribution is -2.43. The van der Waals surface area contributed by atoms with Crippen molar-refractivity contribution in [3.63, 3.8) is 0 Å². The first kappa shape index (κ1) is 24.3. The molecule has 0 saturated heterocycles. The number of aliphatic hydroxyl groups is 1. The van der Waals surface area contributed by atoms with E-state index >= 15 is 0 Å². The highest BCUT2D eigenvalue weighted by Crippen LogP contribution is 2.52. The van der Waals surface area contributed by atoms with Gasteiger partial charge in [-0.15, -0.1) is 32.8 Å². The van der Waals surface area contributed by atoms with Gasteiger partial charge in [-0.2, -0.15) is 0 Å². The van der Waals surface area contributed by atoms with Gasteiger partial charge in [0.1, 0.15) is 6.29 Å². The molecule has 0 aromatic heterocycles. The van der Waals surface area contributed by atoms with E-state index in [4.69, 9.17) is 23.2 Å². The van der Waals surface area contributed by atoms with Gasteiger partial charge < -0.3 is 15.2 Å². The van der Waals surface area contributed by atoms with Crippen molar-refractivity contribution in [3.05, 3.63) is 22.2 Å². The fraction of sp³-hybridized carbons (Fsp3) is 0.579. The Hall–Kier alpha value is 0.0300. The molecule has 1 aromatic carbocycles. The van der Waals surface area contributed by atoms with Crippen LogP contribution in [0.2, 0.25) is 10.0 Å². The zero-order valence-corrected chi connectivity index (χ0v) is 20.2. The molecule has 1 aromatic rings. The quantitative estimate of drug-likeness (QED) is 0.382. The fourth-order valence-electron chi connectivity index (χ4n) is 3.10. The monoisotopic (exact) mass is 481 g/mol. The first-order chi connectivity index (χ1) is 13.2. The second-order valence-corrected chi connectivity index (χ2v) is 11.7. The lowest BCUT2D eigenvalue weighted by molar-refractivity contribution is -0.125. The number of amides is 1. The summed E-state index contributed by atoms with van der Waals surface area (Å²) in [7, 11) is 2.69. The third kappa shape index (κ3) is 6.26. The van der Waals surface area contributed by atoms with E-state index in [-0.39, 0.29) is 29.4 Å². The molecule has 9 heteroatoms. The Labute approximate surface area is 187 Å². The number of nitrogens with one attached hydrogen (secondary N) is 1. The lowest BCUT2D eigenvalue weighted by Gasteiger charge is -2.35. The molecular weight excluding hydrogens is 456 g/mol. The summed E-state index contributed by atoms with van der Waals surface area (Å²) in [6.07, 6.45) is 3.79. The molecular formula is C19H26Cl2NO3PS2. The van der Waals surface area contributed by atoms with Gasteiger partial charge in [-0.25, -0.2) is 0 Å². The Morgan fingerprint density at radius 2 is 1.96 bits per heavy atom. The van der Waals surface area contributed by atoms with Crippen LogP contribution in [0.25, 0.3) is 0 Å². The largest absolute Gasteiger partial charge is 0.395 e. The van der Waals surface area contributed by atoms with E-state index in [1.54, 1.807) is 12.1 Å². The Bertz CT molecular complexity index is 721. The Morgan fingerprint density at radius 1 is 1.36 bits per heavy atom. The van der Waals surface area contributed by atoms with Crippen LogP contribution in [-0.4, -0.2) is 39.7 Å². The van der Waals surface area contributed by atoms with Crippen LogP contribution < -0.4 is 5.32 Å². The van der Waals surface area contributed by atoms with Gasteiger partial charge in [-0.3, -0.25) is 4.79 Å². The second-order valence-electron chi connectivity index (χ2n) is 7.18. The van der Waals surface area contributed by atoms with Crippen molar-refractivity contribution in [2.24, 2.45) is 5.92 Å². The van der Waals surface area contributed by atoms with Crippen LogP contribution in [0, 0.1) is 5.92 Å². The van der Waals surface area contributed by atoms with E-state index in [1.165, 1.54) is 23.5 Å². The van der Waals surface area contributed by atoms with E-state index in [0.717, 1.165) is 35.3 Å². The molecule has 0 radical (unpaired) electrons. The number of hydrogen-bond donors (Lipinski definition) is 2. The number of unbranched alkanes of at least 4 members (excludes halogenated alkanes) is 1. The van der Waals surface area contributed by atoms with Crippen LogP contribution >= 0.6 is 56.0 Å². The van der Waals surface area contributed by atoms with E-state index < -0.39 is 11.2 Å². The van der Waals surface area contributed by atoms with Crippen LogP contribution in [0.1, 0.15) is 39.5 Å². The van der Waals surface area contributed by atoms with E-state index in [0.29, 0.717) is 10.0 Å². The van der Waals surface area contributed by atoms with Crippen LogP contribution in [0.3, 0.4) is 0 Å². The number of benzene rings is 1. The van der Waals surface area contributed by atoms with Crippen molar-refractivity contribution in [3.8, 4) is 0 Å².